The summed E-state index contributed by atoms with van der Waals surface area (Å²) in [5.74, 6) is 1.16. The Hall–Kier alpha value is -2.11. The van der Waals surface area contributed by atoms with Crippen molar-refractivity contribution in [3.63, 3.8) is 0 Å². The maximum atomic E-state index is 13.6. The summed E-state index contributed by atoms with van der Waals surface area (Å²) in [6, 6.07) is 10.7. The number of halogens is 1. The van der Waals surface area contributed by atoms with E-state index in [0.717, 1.165) is 42.7 Å². The van der Waals surface area contributed by atoms with Crippen LogP contribution in [0.4, 0.5) is 4.39 Å². The van der Waals surface area contributed by atoms with Crippen molar-refractivity contribution in [1.29, 1.82) is 0 Å². The van der Waals surface area contributed by atoms with Gasteiger partial charge >= 0.3 is 0 Å². The van der Waals surface area contributed by atoms with Crippen LogP contribution in [0, 0.1) is 5.82 Å². The zero-order valence-corrected chi connectivity index (χ0v) is 16.5. The van der Waals surface area contributed by atoms with E-state index < -0.39 is 5.60 Å². The van der Waals surface area contributed by atoms with Crippen molar-refractivity contribution in [3.8, 4) is 11.5 Å². The number of hydrogen-bond donors (Lipinski definition) is 0. The Labute approximate surface area is 160 Å². The van der Waals surface area contributed by atoms with Crippen LogP contribution in [0.15, 0.2) is 36.4 Å². The normalized spacial score (nSPS) is 19.0. The van der Waals surface area contributed by atoms with E-state index in [-0.39, 0.29) is 5.82 Å². The fraction of sp³-hybridized carbons (Fsp3) is 0.455. The lowest BCUT2D eigenvalue weighted by atomic mass is 9.77. The first-order chi connectivity index (χ1) is 13.0. The van der Waals surface area contributed by atoms with Gasteiger partial charge in [-0.05, 0) is 80.9 Å². The van der Waals surface area contributed by atoms with E-state index in [9.17, 15) is 4.39 Å². The smallest absolute Gasteiger partial charge is 0.161 e. The highest BCUT2D eigenvalue weighted by molar-refractivity contribution is 5.53. The molecule has 0 saturated heterocycles. The first-order valence-electron chi connectivity index (χ1n) is 9.30. The maximum Gasteiger partial charge on any atom is 0.161 e. The van der Waals surface area contributed by atoms with Gasteiger partial charge in [0.05, 0.1) is 20.8 Å². The number of fused-ring (bicyclic) bond motifs is 1. The molecule has 0 spiro atoms. The Kier molecular flexibility index (Phi) is 6.02. The summed E-state index contributed by atoms with van der Waals surface area (Å²) < 4.78 is 31.0. The molecule has 2 aromatic carbocycles. The number of nitrogens with zero attached hydrogens (tertiary/aromatic N) is 1. The minimum absolute atomic E-state index is 0.245. The van der Waals surface area contributed by atoms with E-state index >= 15 is 0 Å². The van der Waals surface area contributed by atoms with Gasteiger partial charge in [0.2, 0.25) is 0 Å². The van der Waals surface area contributed by atoms with Gasteiger partial charge < -0.3 is 19.1 Å². The van der Waals surface area contributed by atoms with Crippen LogP contribution in [0.3, 0.4) is 0 Å². The van der Waals surface area contributed by atoms with E-state index in [1.807, 2.05) is 24.3 Å². The predicted molar refractivity (Wildman–Crippen MR) is 104 cm³/mol. The lowest BCUT2D eigenvalue weighted by molar-refractivity contribution is -0.0369. The molecule has 146 valence electrons. The molecule has 1 atom stereocenters. The molecule has 4 nitrogen and oxygen atoms in total. The molecule has 0 aromatic heterocycles. The van der Waals surface area contributed by atoms with Gasteiger partial charge in [0.25, 0.3) is 0 Å². The summed E-state index contributed by atoms with van der Waals surface area (Å²) in [6.07, 6.45) is 2.57. The maximum absolute atomic E-state index is 13.6. The second-order valence-corrected chi connectivity index (χ2v) is 7.20. The highest BCUT2D eigenvalue weighted by Gasteiger charge is 2.40. The Balaban J connectivity index is 2.12. The van der Waals surface area contributed by atoms with Crippen molar-refractivity contribution in [3.05, 3.63) is 58.9 Å². The molecule has 0 amide bonds. The Morgan fingerprint density at radius 2 is 1.74 bits per heavy atom. The summed E-state index contributed by atoms with van der Waals surface area (Å²) in [6.45, 7) is 1.57. The van der Waals surface area contributed by atoms with Crippen molar-refractivity contribution in [1.82, 2.24) is 4.90 Å². The van der Waals surface area contributed by atoms with Gasteiger partial charge in [0.15, 0.2) is 11.5 Å². The minimum atomic E-state index is -0.614. The molecule has 0 N–H and O–H groups in total. The van der Waals surface area contributed by atoms with E-state index in [0.29, 0.717) is 12.4 Å². The minimum Gasteiger partial charge on any atom is -0.493 e. The van der Waals surface area contributed by atoms with Crippen molar-refractivity contribution >= 4 is 0 Å². The summed E-state index contributed by atoms with van der Waals surface area (Å²) in [7, 11) is 7.41. The molecule has 1 heterocycles. The molecule has 1 unspecified atom stereocenters. The van der Waals surface area contributed by atoms with Gasteiger partial charge in [-0.15, -0.1) is 0 Å². The fourth-order valence-electron chi connectivity index (χ4n) is 3.87. The zero-order chi connectivity index (χ0) is 19.4. The molecule has 0 bridgehead atoms. The number of hydrogen-bond acceptors (Lipinski definition) is 4. The van der Waals surface area contributed by atoms with Gasteiger partial charge in [0.1, 0.15) is 11.4 Å². The highest BCUT2D eigenvalue weighted by atomic mass is 19.1. The highest BCUT2D eigenvalue weighted by Crippen LogP contribution is 2.46. The first kappa shape index (κ1) is 19.6. The Morgan fingerprint density at radius 3 is 2.37 bits per heavy atom. The number of methoxy groups -OCH3 is 2. The van der Waals surface area contributed by atoms with Crippen molar-refractivity contribution in [2.75, 3.05) is 41.5 Å². The van der Waals surface area contributed by atoms with E-state index in [1.165, 1.54) is 17.7 Å². The molecule has 0 saturated carbocycles. The van der Waals surface area contributed by atoms with Crippen LogP contribution < -0.4 is 9.47 Å². The van der Waals surface area contributed by atoms with Gasteiger partial charge in [-0.2, -0.15) is 0 Å². The van der Waals surface area contributed by atoms with Crippen LogP contribution in [0.1, 0.15) is 29.5 Å². The molecule has 0 aliphatic carbocycles. The number of rotatable bonds is 7. The van der Waals surface area contributed by atoms with Crippen LogP contribution in [0.2, 0.25) is 0 Å². The summed E-state index contributed by atoms with van der Waals surface area (Å²) in [5, 5.41) is 0. The van der Waals surface area contributed by atoms with Crippen molar-refractivity contribution in [2.24, 2.45) is 0 Å². The lowest BCUT2D eigenvalue weighted by Crippen LogP contribution is -2.37. The van der Waals surface area contributed by atoms with Crippen LogP contribution in [0.25, 0.3) is 0 Å². The molecular weight excluding hydrogens is 345 g/mol. The van der Waals surface area contributed by atoms with Crippen LogP contribution in [-0.4, -0.2) is 46.4 Å². The Morgan fingerprint density at radius 1 is 1.07 bits per heavy atom. The van der Waals surface area contributed by atoms with E-state index in [2.05, 4.69) is 19.0 Å². The fourth-order valence-corrected chi connectivity index (χ4v) is 3.87. The average Bonchev–Trinajstić information content (AvgIpc) is 2.67. The quantitative estimate of drug-likeness (QED) is 0.734. The average molecular weight is 373 g/mol. The topological polar surface area (TPSA) is 30.9 Å². The van der Waals surface area contributed by atoms with Gasteiger partial charge in [-0.25, -0.2) is 4.39 Å². The van der Waals surface area contributed by atoms with Gasteiger partial charge in [-0.3, -0.25) is 0 Å². The molecule has 5 heteroatoms. The van der Waals surface area contributed by atoms with Crippen LogP contribution >= 0.6 is 0 Å². The molecule has 0 radical (unpaired) electrons. The SMILES string of the molecule is COc1cc2c(cc1OC)C(CCCN(C)C)(c1ccc(F)cc1)OCC2. The van der Waals surface area contributed by atoms with Crippen molar-refractivity contribution < 1.29 is 18.6 Å². The predicted octanol–water partition coefficient (Wildman–Crippen LogP) is 4.00. The van der Waals surface area contributed by atoms with Crippen molar-refractivity contribution in [2.45, 2.75) is 24.9 Å². The zero-order valence-electron chi connectivity index (χ0n) is 16.5. The lowest BCUT2D eigenvalue weighted by Gasteiger charge is -2.40. The number of benzene rings is 2. The largest absolute Gasteiger partial charge is 0.493 e. The third-order valence-electron chi connectivity index (χ3n) is 5.21. The third kappa shape index (κ3) is 3.94. The molecule has 27 heavy (non-hydrogen) atoms. The molecule has 2 aromatic rings. The second-order valence-electron chi connectivity index (χ2n) is 7.20. The van der Waals surface area contributed by atoms with E-state index in [4.69, 9.17) is 14.2 Å². The van der Waals surface area contributed by atoms with Crippen LogP contribution in [-0.2, 0) is 16.8 Å². The Bertz CT molecular complexity index is 776. The third-order valence-corrected chi connectivity index (χ3v) is 5.21. The first-order valence-corrected chi connectivity index (χ1v) is 9.30. The summed E-state index contributed by atoms with van der Waals surface area (Å²) in [4.78, 5) is 2.16. The molecule has 1 aliphatic rings. The molecule has 1 aliphatic heterocycles. The van der Waals surface area contributed by atoms with Gasteiger partial charge in [-0.1, -0.05) is 12.1 Å². The van der Waals surface area contributed by atoms with Gasteiger partial charge in [0, 0.05) is 0 Å². The molecule has 0 fully saturated rings. The van der Waals surface area contributed by atoms with Crippen LogP contribution in [0.5, 0.6) is 11.5 Å². The molecule has 3 rings (SSSR count). The summed E-state index contributed by atoms with van der Waals surface area (Å²) in [5.41, 5.74) is 2.62. The monoisotopic (exact) mass is 373 g/mol. The van der Waals surface area contributed by atoms with E-state index in [1.54, 1.807) is 14.2 Å². The molecular formula is C22H28FNO3. The number of ether oxygens (including phenoxy) is 3. The second kappa shape index (κ2) is 8.28. The summed E-state index contributed by atoms with van der Waals surface area (Å²) >= 11 is 0. The standard InChI is InChI=1S/C22H28FNO3/c1-24(2)12-5-11-22(17-6-8-18(23)9-7-17)19-15-21(26-4)20(25-3)14-16(19)10-13-27-22/h6-9,14-15H,5,10-13H2,1-4H3.